The molecular weight excluding hydrogens is 743 g/mol. The molecule has 6 aliphatic rings. The van der Waals surface area contributed by atoms with Crippen molar-refractivity contribution in [3.63, 3.8) is 0 Å². The lowest BCUT2D eigenvalue weighted by Gasteiger charge is -2.78. The summed E-state index contributed by atoms with van der Waals surface area (Å²) in [7, 11) is 0. The van der Waals surface area contributed by atoms with Crippen molar-refractivity contribution in [3.05, 3.63) is 174 Å². The minimum atomic E-state index is 0.111. The van der Waals surface area contributed by atoms with Gasteiger partial charge in [-0.3, -0.25) is 0 Å². The Morgan fingerprint density at radius 1 is 0.517 bits per heavy atom. The molecule has 1 nitrogen and oxygen atoms in total. The highest BCUT2D eigenvalue weighted by molar-refractivity contribution is 7.99. The van der Waals surface area contributed by atoms with Gasteiger partial charge in [0.15, 0.2) is 0 Å². The van der Waals surface area contributed by atoms with Crippen LogP contribution in [0.4, 0.5) is 17.1 Å². The van der Waals surface area contributed by atoms with E-state index in [9.17, 15) is 0 Å². The lowest BCUT2D eigenvalue weighted by Crippen LogP contribution is -2.74. The number of nitrogens with zero attached hydrogens (tertiary/aromatic N) is 1. The first-order valence-corrected chi connectivity index (χ1v) is 23.5. The molecule has 0 N–H and O–H groups in total. The molecule has 296 valence electrons. The van der Waals surface area contributed by atoms with Crippen LogP contribution in [0.15, 0.2) is 161 Å². The second-order valence-electron chi connectivity index (χ2n) is 20.8. The Bertz CT molecular complexity index is 2900. The maximum atomic E-state index is 2.63. The first kappa shape index (κ1) is 35.7. The highest BCUT2D eigenvalue weighted by Crippen LogP contribution is 2.89. The molecule has 2 heteroatoms. The van der Waals surface area contributed by atoms with Crippen LogP contribution in [-0.2, 0) is 16.2 Å². The fourth-order valence-corrected chi connectivity index (χ4v) is 15.9. The summed E-state index contributed by atoms with van der Waals surface area (Å²) in [6.07, 6.45) is 8.23. The van der Waals surface area contributed by atoms with Crippen molar-refractivity contribution >= 4 is 39.6 Å². The number of anilines is 3. The third-order valence-corrected chi connectivity index (χ3v) is 18.5. The summed E-state index contributed by atoms with van der Waals surface area (Å²) < 4.78 is 0. The van der Waals surface area contributed by atoms with E-state index in [1.807, 2.05) is 11.8 Å². The second-order valence-corrected chi connectivity index (χ2v) is 21.8. The van der Waals surface area contributed by atoms with Crippen molar-refractivity contribution in [1.82, 2.24) is 0 Å². The monoisotopic (exact) mass is 795 g/mol. The molecule has 1 heterocycles. The largest absolute Gasteiger partial charge is 0.309 e. The summed E-state index contributed by atoms with van der Waals surface area (Å²) in [6.45, 7) is 9.82. The molecule has 1 aliphatic heterocycles. The van der Waals surface area contributed by atoms with Gasteiger partial charge in [0.05, 0.1) is 5.69 Å². The molecule has 7 aromatic rings. The van der Waals surface area contributed by atoms with Crippen molar-refractivity contribution in [2.75, 3.05) is 4.90 Å². The molecule has 0 amide bonds. The molecule has 6 unspecified atom stereocenters. The van der Waals surface area contributed by atoms with E-state index >= 15 is 0 Å². The van der Waals surface area contributed by atoms with Crippen LogP contribution in [0.2, 0.25) is 0 Å². The maximum Gasteiger partial charge on any atom is 0.0604 e. The second kappa shape index (κ2) is 12.3. The van der Waals surface area contributed by atoms with E-state index in [4.69, 9.17) is 0 Å². The summed E-state index contributed by atoms with van der Waals surface area (Å²) >= 11 is 2.04. The lowest BCUT2D eigenvalue weighted by molar-refractivity contribution is -0.235. The van der Waals surface area contributed by atoms with Gasteiger partial charge in [-0.25, -0.2) is 0 Å². The van der Waals surface area contributed by atoms with Crippen LogP contribution in [0.5, 0.6) is 0 Å². The molecular formula is C58H53NS. The van der Waals surface area contributed by atoms with Crippen LogP contribution in [0.1, 0.15) is 88.5 Å². The van der Waals surface area contributed by atoms with Crippen LogP contribution < -0.4 is 4.90 Å². The molecule has 0 aromatic heterocycles. The van der Waals surface area contributed by atoms with E-state index < -0.39 is 0 Å². The van der Waals surface area contributed by atoms with Gasteiger partial charge in [0, 0.05) is 26.6 Å². The van der Waals surface area contributed by atoms with E-state index in [1.54, 1.807) is 11.1 Å². The summed E-state index contributed by atoms with van der Waals surface area (Å²) in [5.41, 5.74) is 16.1. The first-order valence-electron chi connectivity index (χ1n) is 22.7. The van der Waals surface area contributed by atoms with E-state index in [-0.39, 0.29) is 16.2 Å². The first-order chi connectivity index (χ1) is 29.2. The van der Waals surface area contributed by atoms with E-state index in [0.717, 1.165) is 23.7 Å². The third-order valence-electron chi connectivity index (χ3n) is 17.3. The third kappa shape index (κ3) is 4.56. The van der Waals surface area contributed by atoms with E-state index in [1.165, 1.54) is 110 Å². The number of rotatable bonds is 5. The fraction of sp³-hybridized carbons (Fsp3) is 0.310. The predicted octanol–water partition coefficient (Wildman–Crippen LogP) is 15.8. The summed E-state index contributed by atoms with van der Waals surface area (Å²) in [6, 6.07) is 58.4. The quantitative estimate of drug-likeness (QED) is 0.171. The SMILES string of the molecule is CC1(C)CCC(C)(C)c2cc(N(c3ccc(-c4ccc(-c5ccccc5)c5ccccc45)cc3)c3cccc4c3Sc3ccccc3C43C4CC5CC6CC3C64C5)ccc21. The van der Waals surface area contributed by atoms with Crippen molar-refractivity contribution < 1.29 is 0 Å². The average Bonchev–Trinajstić information content (AvgIpc) is 3.81. The van der Waals surface area contributed by atoms with Crippen LogP contribution in [0.25, 0.3) is 33.0 Å². The molecule has 4 saturated carbocycles. The smallest absolute Gasteiger partial charge is 0.0604 e. The molecule has 4 fully saturated rings. The molecule has 6 atom stereocenters. The fourth-order valence-electron chi connectivity index (χ4n) is 14.6. The topological polar surface area (TPSA) is 3.24 Å². The highest BCUT2D eigenvalue weighted by atomic mass is 32.2. The minimum Gasteiger partial charge on any atom is -0.309 e. The summed E-state index contributed by atoms with van der Waals surface area (Å²) in [4.78, 5) is 5.58. The maximum absolute atomic E-state index is 2.63. The number of hydrogen-bond acceptors (Lipinski definition) is 2. The van der Waals surface area contributed by atoms with Crippen LogP contribution in [-0.4, -0.2) is 0 Å². The van der Waals surface area contributed by atoms with Gasteiger partial charge in [-0.15, -0.1) is 0 Å². The molecule has 2 spiro atoms. The molecule has 2 bridgehead atoms. The molecule has 60 heavy (non-hydrogen) atoms. The van der Waals surface area contributed by atoms with Gasteiger partial charge >= 0.3 is 0 Å². The van der Waals surface area contributed by atoms with Gasteiger partial charge in [0.1, 0.15) is 0 Å². The Kier molecular flexibility index (Phi) is 7.31. The molecule has 5 aliphatic carbocycles. The number of hydrogen-bond donors (Lipinski definition) is 0. The van der Waals surface area contributed by atoms with Crippen molar-refractivity contribution in [3.8, 4) is 22.3 Å². The summed E-state index contributed by atoms with van der Waals surface area (Å²) in [5, 5.41) is 2.58. The Morgan fingerprint density at radius 3 is 1.90 bits per heavy atom. The van der Waals surface area contributed by atoms with Gasteiger partial charge in [-0.05, 0) is 170 Å². The van der Waals surface area contributed by atoms with Crippen molar-refractivity contribution in [1.29, 1.82) is 0 Å². The van der Waals surface area contributed by atoms with Gasteiger partial charge in [0.2, 0.25) is 0 Å². The molecule has 0 saturated heterocycles. The Hall–Kier alpha value is -5.05. The predicted molar refractivity (Wildman–Crippen MR) is 251 cm³/mol. The van der Waals surface area contributed by atoms with Crippen LogP contribution >= 0.6 is 11.8 Å². The van der Waals surface area contributed by atoms with Crippen molar-refractivity contribution in [2.24, 2.45) is 29.1 Å². The zero-order valence-corrected chi connectivity index (χ0v) is 36.2. The normalized spacial score (nSPS) is 27.9. The zero-order chi connectivity index (χ0) is 40.2. The Balaban J connectivity index is 0.989. The number of benzene rings is 7. The van der Waals surface area contributed by atoms with Gasteiger partial charge in [-0.2, -0.15) is 0 Å². The average molecular weight is 796 g/mol. The Morgan fingerprint density at radius 2 is 1.15 bits per heavy atom. The lowest BCUT2D eigenvalue weighted by atomic mass is 9.26. The molecule has 7 aromatic carbocycles. The summed E-state index contributed by atoms with van der Waals surface area (Å²) in [5.74, 6) is 3.44. The van der Waals surface area contributed by atoms with Gasteiger partial charge in [-0.1, -0.05) is 155 Å². The van der Waals surface area contributed by atoms with Crippen LogP contribution in [0, 0.1) is 29.1 Å². The van der Waals surface area contributed by atoms with Crippen LogP contribution in [0.3, 0.4) is 0 Å². The number of fused-ring (bicyclic) bond motifs is 9. The zero-order valence-electron chi connectivity index (χ0n) is 35.3. The van der Waals surface area contributed by atoms with Crippen molar-refractivity contribution in [2.45, 2.75) is 92.3 Å². The van der Waals surface area contributed by atoms with E-state index in [2.05, 4.69) is 184 Å². The standard InChI is InChI=1S/C58H53NS/c1-55(2)29-30-56(3,4)49-34-41(25-28-46(49)55)59(40-23-21-38(22-24-40)43-27-26-42(37-13-6-5-7-14-37)44-15-8-9-16-45(43)44)50-19-12-18-48-54(50)60-51-20-11-10-17-47(51)58(48)52-32-36-31-39-33-53(58)57(39,52)35-36/h5-28,34,36,39,52-53H,29-33,35H2,1-4H3. The minimum absolute atomic E-state index is 0.111. The van der Waals surface area contributed by atoms with E-state index in [0.29, 0.717) is 5.41 Å². The van der Waals surface area contributed by atoms with Gasteiger partial charge in [0.25, 0.3) is 0 Å². The molecule has 0 radical (unpaired) electrons. The van der Waals surface area contributed by atoms with Gasteiger partial charge < -0.3 is 4.90 Å². The molecule has 13 rings (SSSR count). The highest BCUT2D eigenvalue weighted by Gasteiger charge is 2.84. The Labute approximate surface area is 360 Å².